The van der Waals surface area contributed by atoms with E-state index in [0.717, 1.165) is 38.2 Å². The van der Waals surface area contributed by atoms with Gasteiger partial charge in [-0.25, -0.2) is 18.1 Å². The Kier molecular flexibility index (Phi) is 5.22. The highest BCUT2D eigenvalue weighted by atomic mass is 32.2. The summed E-state index contributed by atoms with van der Waals surface area (Å²) < 4.78 is 27.4. The summed E-state index contributed by atoms with van der Waals surface area (Å²) in [6.07, 6.45) is 4.24. The van der Waals surface area contributed by atoms with Crippen LogP contribution in [0.2, 0.25) is 0 Å². The van der Waals surface area contributed by atoms with Crippen LogP contribution in [0.1, 0.15) is 37.1 Å². The molecule has 5 nitrogen and oxygen atoms in total. The predicted molar refractivity (Wildman–Crippen MR) is 98.0 cm³/mol. The zero-order valence-electron chi connectivity index (χ0n) is 14.0. The number of sulfonamides is 1. The molecule has 1 N–H and O–H groups in total. The van der Waals surface area contributed by atoms with Gasteiger partial charge in [0.05, 0.1) is 0 Å². The van der Waals surface area contributed by atoms with E-state index in [1.807, 2.05) is 13.8 Å². The van der Waals surface area contributed by atoms with Crippen LogP contribution in [0, 0.1) is 0 Å². The topological polar surface area (TPSA) is 62.3 Å². The van der Waals surface area contributed by atoms with Crippen LogP contribution in [0.5, 0.6) is 0 Å². The normalized spacial score (nSPS) is 16.0. The summed E-state index contributed by atoms with van der Waals surface area (Å²) in [5, 5.41) is 2.13. The van der Waals surface area contributed by atoms with Crippen molar-refractivity contribution in [2.45, 2.75) is 50.6 Å². The first-order chi connectivity index (χ1) is 11.5. The third-order valence-electron chi connectivity index (χ3n) is 4.24. The maximum absolute atomic E-state index is 12.4. The average molecular weight is 366 g/mol. The molecule has 130 valence electrons. The van der Waals surface area contributed by atoms with Gasteiger partial charge in [0.25, 0.3) is 0 Å². The van der Waals surface area contributed by atoms with E-state index in [4.69, 9.17) is 0 Å². The lowest BCUT2D eigenvalue weighted by Gasteiger charge is -2.28. The Hall–Kier alpha value is -1.44. The first-order valence-electron chi connectivity index (χ1n) is 8.28. The van der Waals surface area contributed by atoms with E-state index in [2.05, 4.69) is 26.1 Å². The Morgan fingerprint density at radius 1 is 1.38 bits per heavy atom. The molecule has 7 heteroatoms. The molecule has 1 atom stereocenters. The Morgan fingerprint density at radius 3 is 2.92 bits per heavy atom. The van der Waals surface area contributed by atoms with Gasteiger partial charge in [-0.05, 0) is 48.9 Å². The van der Waals surface area contributed by atoms with Gasteiger partial charge in [-0.2, -0.15) is 0 Å². The molecule has 0 saturated heterocycles. The number of anilines is 1. The highest BCUT2D eigenvalue weighted by Gasteiger charge is 2.20. The van der Waals surface area contributed by atoms with E-state index >= 15 is 0 Å². The van der Waals surface area contributed by atoms with E-state index in [1.54, 1.807) is 23.5 Å². The molecule has 3 heterocycles. The second kappa shape index (κ2) is 7.21. The fraction of sp³-hybridized carbons (Fsp3) is 0.471. The molecule has 0 amide bonds. The van der Waals surface area contributed by atoms with E-state index in [9.17, 15) is 8.42 Å². The third-order valence-corrected chi connectivity index (χ3v) is 6.84. The maximum atomic E-state index is 12.4. The van der Waals surface area contributed by atoms with Crippen molar-refractivity contribution in [1.82, 2.24) is 9.71 Å². The third kappa shape index (κ3) is 3.79. The van der Waals surface area contributed by atoms with Crippen LogP contribution < -0.4 is 9.62 Å². The zero-order chi connectivity index (χ0) is 17.2. The summed E-state index contributed by atoms with van der Waals surface area (Å²) in [6, 6.07) is 5.53. The van der Waals surface area contributed by atoms with Crippen molar-refractivity contribution in [1.29, 1.82) is 0 Å². The number of thiophene rings is 1. The van der Waals surface area contributed by atoms with Crippen molar-refractivity contribution in [3.05, 3.63) is 40.2 Å². The molecule has 0 aliphatic carbocycles. The number of aromatic nitrogens is 1. The second-order valence-corrected chi connectivity index (χ2v) is 8.92. The molecule has 0 bridgehead atoms. The molecular weight excluding hydrogens is 342 g/mol. The number of nitrogens with one attached hydrogen (secondary N) is 1. The predicted octanol–water partition coefficient (Wildman–Crippen LogP) is 3.17. The molecule has 0 fully saturated rings. The van der Waals surface area contributed by atoms with E-state index < -0.39 is 10.0 Å². The highest BCUT2D eigenvalue weighted by molar-refractivity contribution is 7.89. The maximum Gasteiger partial charge on any atom is 0.242 e. The number of rotatable bonds is 6. The molecule has 2 aromatic heterocycles. The fourth-order valence-corrected chi connectivity index (χ4v) is 5.10. The van der Waals surface area contributed by atoms with Gasteiger partial charge >= 0.3 is 0 Å². The second-order valence-electron chi connectivity index (χ2n) is 6.20. The van der Waals surface area contributed by atoms with Gasteiger partial charge in [-0.15, -0.1) is 11.3 Å². The van der Waals surface area contributed by atoms with Gasteiger partial charge < -0.3 is 4.90 Å². The standard InChI is InChI=1S/C17H23N3O2S2/c1-3-4-13(2)19-24(21,22)15-5-6-17(18-11-15)20-9-7-16-14(12-20)8-10-23-16/h5-6,8,10-11,13,19H,3-4,7,9,12H2,1-2H3. The molecule has 2 aromatic rings. The van der Waals surface area contributed by atoms with Crippen LogP contribution in [-0.4, -0.2) is 26.0 Å². The monoisotopic (exact) mass is 365 g/mol. The number of hydrogen-bond acceptors (Lipinski definition) is 5. The van der Waals surface area contributed by atoms with Crippen molar-refractivity contribution in [2.24, 2.45) is 0 Å². The number of nitrogens with zero attached hydrogens (tertiary/aromatic N) is 2. The molecule has 1 unspecified atom stereocenters. The molecule has 1 aliphatic rings. The lowest BCUT2D eigenvalue weighted by atomic mass is 10.1. The lowest BCUT2D eigenvalue weighted by Crippen LogP contribution is -2.33. The lowest BCUT2D eigenvalue weighted by molar-refractivity contribution is 0.543. The molecule has 0 aromatic carbocycles. The average Bonchev–Trinajstić information content (AvgIpc) is 3.02. The SMILES string of the molecule is CCCC(C)NS(=O)(=O)c1ccc(N2CCc3sccc3C2)nc1. The summed E-state index contributed by atoms with van der Waals surface area (Å²) >= 11 is 1.80. The van der Waals surface area contributed by atoms with Crippen LogP contribution in [0.25, 0.3) is 0 Å². The minimum Gasteiger partial charge on any atom is -0.352 e. The van der Waals surface area contributed by atoms with E-state index in [0.29, 0.717) is 0 Å². The Balaban J connectivity index is 1.72. The van der Waals surface area contributed by atoms with Crippen molar-refractivity contribution >= 4 is 27.2 Å². The van der Waals surface area contributed by atoms with E-state index in [-0.39, 0.29) is 10.9 Å². The molecule has 1 aliphatic heterocycles. The van der Waals surface area contributed by atoms with Crippen molar-refractivity contribution in [3.63, 3.8) is 0 Å². The van der Waals surface area contributed by atoms with Gasteiger partial charge in [-0.1, -0.05) is 13.3 Å². The minimum absolute atomic E-state index is 0.0706. The van der Waals surface area contributed by atoms with Crippen molar-refractivity contribution < 1.29 is 8.42 Å². The van der Waals surface area contributed by atoms with Crippen molar-refractivity contribution in [3.8, 4) is 0 Å². The van der Waals surface area contributed by atoms with Crippen LogP contribution in [0.3, 0.4) is 0 Å². The Morgan fingerprint density at radius 2 is 2.21 bits per heavy atom. The largest absolute Gasteiger partial charge is 0.352 e. The molecule has 0 saturated carbocycles. The molecule has 0 radical (unpaired) electrons. The first-order valence-corrected chi connectivity index (χ1v) is 10.6. The Bertz CT molecular complexity index is 784. The quantitative estimate of drug-likeness (QED) is 0.854. The minimum atomic E-state index is -3.50. The van der Waals surface area contributed by atoms with Crippen LogP contribution in [0.15, 0.2) is 34.7 Å². The molecule has 3 rings (SSSR count). The number of hydrogen-bond donors (Lipinski definition) is 1. The number of pyridine rings is 1. The zero-order valence-corrected chi connectivity index (χ0v) is 15.7. The summed E-state index contributed by atoms with van der Waals surface area (Å²) in [5.41, 5.74) is 1.35. The van der Waals surface area contributed by atoms with Crippen LogP contribution in [-0.2, 0) is 23.0 Å². The first kappa shape index (κ1) is 17.4. The van der Waals surface area contributed by atoms with Gasteiger partial charge in [0.2, 0.25) is 10.0 Å². The summed E-state index contributed by atoms with van der Waals surface area (Å²) in [5.74, 6) is 0.826. The fourth-order valence-electron chi connectivity index (χ4n) is 2.99. The highest BCUT2D eigenvalue weighted by Crippen LogP contribution is 2.27. The summed E-state index contributed by atoms with van der Waals surface area (Å²) in [7, 11) is -3.50. The summed E-state index contributed by atoms with van der Waals surface area (Å²) in [4.78, 5) is 8.25. The molecular formula is C17H23N3O2S2. The van der Waals surface area contributed by atoms with Gasteiger partial charge in [-0.3, -0.25) is 0 Å². The van der Waals surface area contributed by atoms with Crippen LogP contribution >= 0.6 is 11.3 Å². The van der Waals surface area contributed by atoms with Gasteiger partial charge in [0.1, 0.15) is 10.7 Å². The van der Waals surface area contributed by atoms with Crippen molar-refractivity contribution in [2.75, 3.05) is 11.4 Å². The summed E-state index contributed by atoms with van der Waals surface area (Å²) in [6.45, 7) is 5.68. The molecule has 0 spiro atoms. The smallest absolute Gasteiger partial charge is 0.242 e. The Labute approximate surface area is 147 Å². The van der Waals surface area contributed by atoms with Crippen LogP contribution in [0.4, 0.5) is 5.82 Å². The van der Waals surface area contributed by atoms with Gasteiger partial charge in [0.15, 0.2) is 0 Å². The number of fused-ring (bicyclic) bond motifs is 1. The molecule has 24 heavy (non-hydrogen) atoms. The van der Waals surface area contributed by atoms with E-state index in [1.165, 1.54) is 16.6 Å². The van der Waals surface area contributed by atoms with Gasteiger partial charge in [0, 0.05) is 30.2 Å².